The predicted octanol–water partition coefficient (Wildman–Crippen LogP) is 7.14. The van der Waals surface area contributed by atoms with Crippen LogP contribution in [-0.4, -0.2) is 25.6 Å². The Labute approximate surface area is 204 Å². The highest BCUT2D eigenvalue weighted by molar-refractivity contribution is 7.15. The standard InChI is InChI=1S/C28H31N3O2S/c1-17-12-21(16-28(3,4)15-17)31-23-11-10-20(27(32)33)13-22(23)30-25(31)14-24-18(2)29-26(34-24)19-8-6-5-7-9-19/h5-11,13,17,21H,12,14-16H2,1-4H3,(H,32,33). The molecule has 0 amide bonds. The number of aromatic nitrogens is 3. The van der Waals surface area contributed by atoms with Gasteiger partial charge in [0.2, 0.25) is 0 Å². The molecular formula is C28H31N3O2S. The Bertz CT molecular complexity index is 1350. The molecule has 176 valence electrons. The number of aryl methyl sites for hydroxylation is 1. The zero-order chi connectivity index (χ0) is 24.0. The summed E-state index contributed by atoms with van der Waals surface area (Å²) in [5.41, 5.74) is 4.49. The Morgan fingerprint density at radius 2 is 1.91 bits per heavy atom. The van der Waals surface area contributed by atoms with Gasteiger partial charge in [0, 0.05) is 22.9 Å². The SMILES string of the molecule is Cc1nc(-c2ccccc2)sc1Cc1nc2cc(C(=O)O)ccc2n1C1CC(C)CC(C)(C)C1. The highest BCUT2D eigenvalue weighted by Gasteiger charge is 2.34. The molecule has 34 heavy (non-hydrogen) atoms. The molecule has 1 fully saturated rings. The van der Waals surface area contributed by atoms with Gasteiger partial charge in [-0.15, -0.1) is 11.3 Å². The van der Waals surface area contributed by atoms with Gasteiger partial charge >= 0.3 is 5.97 Å². The average Bonchev–Trinajstić information content (AvgIpc) is 3.32. The Balaban J connectivity index is 1.59. The zero-order valence-electron chi connectivity index (χ0n) is 20.2. The van der Waals surface area contributed by atoms with Crippen molar-refractivity contribution in [1.29, 1.82) is 0 Å². The topological polar surface area (TPSA) is 68.0 Å². The van der Waals surface area contributed by atoms with Crippen LogP contribution in [0, 0.1) is 18.3 Å². The number of carboxylic acid groups (broad SMARTS) is 1. The van der Waals surface area contributed by atoms with Crippen LogP contribution in [0.1, 0.15) is 72.8 Å². The van der Waals surface area contributed by atoms with Crippen molar-refractivity contribution in [3.8, 4) is 10.6 Å². The molecule has 2 aromatic carbocycles. The summed E-state index contributed by atoms with van der Waals surface area (Å²) < 4.78 is 2.40. The third-order valence-electron chi connectivity index (χ3n) is 6.97. The lowest BCUT2D eigenvalue weighted by atomic mass is 9.70. The molecule has 1 aliphatic rings. The van der Waals surface area contributed by atoms with Gasteiger partial charge in [0.15, 0.2) is 0 Å². The first-order valence-corrected chi connectivity index (χ1v) is 12.8. The van der Waals surface area contributed by atoms with Gasteiger partial charge in [-0.3, -0.25) is 0 Å². The summed E-state index contributed by atoms with van der Waals surface area (Å²) in [5.74, 6) is 0.710. The van der Waals surface area contributed by atoms with E-state index < -0.39 is 5.97 Å². The third kappa shape index (κ3) is 4.39. The number of fused-ring (bicyclic) bond motifs is 1. The van der Waals surface area contributed by atoms with E-state index in [4.69, 9.17) is 9.97 Å². The minimum Gasteiger partial charge on any atom is -0.478 e. The molecule has 1 aliphatic carbocycles. The average molecular weight is 474 g/mol. The van der Waals surface area contributed by atoms with Crippen molar-refractivity contribution in [3.05, 3.63) is 70.5 Å². The first-order chi connectivity index (χ1) is 16.2. The molecule has 4 aromatic rings. The van der Waals surface area contributed by atoms with Crippen LogP contribution in [0.5, 0.6) is 0 Å². The number of carbonyl (C=O) groups is 1. The molecule has 1 saturated carbocycles. The lowest BCUT2D eigenvalue weighted by molar-refractivity contribution is 0.0697. The molecule has 0 bridgehead atoms. The van der Waals surface area contributed by atoms with Gasteiger partial charge < -0.3 is 9.67 Å². The molecular weight excluding hydrogens is 442 g/mol. The van der Waals surface area contributed by atoms with Crippen molar-refractivity contribution in [2.45, 2.75) is 59.4 Å². The Morgan fingerprint density at radius 3 is 2.62 bits per heavy atom. The molecule has 0 radical (unpaired) electrons. The number of imidazole rings is 1. The fraction of sp³-hybridized carbons (Fsp3) is 0.393. The summed E-state index contributed by atoms with van der Waals surface area (Å²) in [6.07, 6.45) is 4.12. The lowest BCUT2D eigenvalue weighted by Crippen LogP contribution is -2.30. The fourth-order valence-electron chi connectivity index (χ4n) is 5.75. The second-order valence-electron chi connectivity index (χ2n) is 10.5. The van der Waals surface area contributed by atoms with E-state index in [1.165, 1.54) is 11.3 Å². The number of aromatic carboxylic acids is 1. The van der Waals surface area contributed by atoms with E-state index in [1.54, 1.807) is 23.5 Å². The van der Waals surface area contributed by atoms with Gasteiger partial charge in [-0.05, 0) is 55.7 Å². The highest BCUT2D eigenvalue weighted by atomic mass is 32.1. The monoisotopic (exact) mass is 473 g/mol. The van der Waals surface area contributed by atoms with Crippen LogP contribution in [0.15, 0.2) is 48.5 Å². The van der Waals surface area contributed by atoms with Crippen LogP contribution in [0.25, 0.3) is 21.6 Å². The molecule has 5 nitrogen and oxygen atoms in total. The first-order valence-electron chi connectivity index (χ1n) is 12.0. The molecule has 0 saturated heterocycles. The summed E-state index contributed by atoms with van der Waals surface area (Å²) in [5, 5.41) is 10.5. The summed E-state index contributed by atoms with van der Waals surface area (Å²) >= 11 is 1.72. The van der Waals surface area contributed by atoms with Crippen molar-refractivity contribution in [2.75, 3.05) is 0 Å². The summed E-state index contributed by atoms with van der Waals surface area (Å²) in [4.78, 5) is 22.7. The Kier molecular flexibility index (Phi) is 5.80. The van der Waals surface area contributed by atoms with Crippen molar-refractivity contribution in [3.63, 3.8) is 0 Å². The number of hydrogen-bond acceptors (Lipinski definition) is 4. The molecule has 2 heterocycles. The summed E-state index contributed by atoms with van der Waals surface area (Å²) in [6.45, 7) is 9.13. The maximum Gasteiger partial charge on any atom is 0.335 e. The molecule has 6 heteroatoms. The largest absolute Gasteiger partial charge is 0.478 e. The lowest BCUT2D eigenvalue weighted by Gasteiger charge is -2.40. The van der Waals surface area contributed by atoms with Crippen LogP contribution in [0.4, 0.5) is 0 Å². The number of thiazole rings is 1. The van der Waals surface area contributed by atoms with Crippen LogP contribution in [0.3, 0.4) is 0 Å². The van der Waals surface area contributed by atoms with Gasteiger partial charge in [0.1, 0.15) is 10.8 Å². The smallest absolute Gasteiger partial charge is 0.335 e. The second-order valence-corrected chi connectivity index (χ2v) is 11.6. The molecule has 1 N–H and O–H groups in total. The maximum absolute atomic E-state index is 11.6. The second kappa shape index (κ2) is 8.66. The summed E-state index contributed by atoms with van der Waals surface area (Å²) in [7, 11) is 0. The van der Waals surface area contributed by atoms with Gasteiger partial charge in [0.25, 0.3) is 0 Å². The van der Waals surface area contributed by atoms with Crippen LogP contribution >= 0.6 is 11.3 Å². The van der Waals surface area contributed by atoms with E-state index in [9.17, 15) is 9.90 Å². The van der Waals surface area contributed by atoms with Crippen LogP contribution in [-0.2, 0) is 6.42 Å². The van der Waals surface area contributed by atoms with E-state index in [0.29, 0.717) is 18.4 Å². The fourth-order valence-corrected chi connectivity index (χ4v) is 6.81. The number of nitrogens with zero attached hydrogens (tertiary/aromatic N) is 3. The van der Waals surface area contributed by atoms with E-state index in [-0.39, 0.29) is 11.0 Å². The van der Waals surface area contributed by atoms with Crippen molar-refractivity contribution < 1.29 is 9.90 Å². The molecule has 2 atom stereocenters. The third-order valence-corrected chi connectivity index (χ3v) is 8.18. The van der Waals surface area contributed by atoms with E-state index in [2.05, 4.69) is 44.4 Å². The molecule has 5 rings (SSSR count). The maximum atomic E-state index is 11.6. The molecule has 2 unspecified atom stereocenters. The van der Waals surface area contributed by atoms with E-state index in [0.717, 1.165) is 46.0 Å². The predicted molar refractivity (Wildman–Crippen MR) is 138 cm³/mol. The normalized spacial score (nSPS) is 20.0. The van der Waals surface area contributed by atoms with Crippen molar-refractivity contribution >= 4 is 28.3 Å². The first kappa shape index (κ1) is 22.8. The van der Waals surface area contributed by atoms with Gasteiger partial charge in [-0.25, -0.2) is 14.8 Å². The van der Waals surface area contributed by atoms with Crippen LogP contribution in [0.2, 0.25) is 0 Å². The minimum absolute atomic E-state index is 0.262. The van der Waals surface area contributed by atoms with Gasteiger partial charge in [-0.1, -0.05) is 51.1 Å². The van der Waals surface area contributed by atoms with Crippen LogP contribution < -0.4 is 0 Å². The van der Waals surface area contributed by atoms with Gasteiger partial charge in [-0.2, -0.15) is 0 Å². The van der Waals surface area contributed by atoms with Gasteiger partial charge in [0.05, 0.1) is 22.3 Å². The number of hydrogen-bond donors (Lipinski definition) is 1. The highest BCUT2D eigenvalue weighted by Crippen LogP contribution is 2.45. The quantitative estimate of drug-likeness (QED) is 0.334. The Hall–Kier alpha value is -2.99. The van der Waals surface area contributed by atoms with E-state index >= 15 is 0 Å². The Morgan fingerprint density at radius 1 is 1.15 bits per heavy atom. The number of rotatable bonds is 5. The van der Waals surface area contributed by atoms with E-state index in [1.807, 2.05) is 24.3 Å². The molecule has 0 spiro atoms. The number of carboxylic acids is 1. The van der Waals surface area contributed by atoms with Crippen molar-refractivity contribution in [2.24, 2.45) is 11.3 Å². The summed E-state index contributed by atoms with van der Waals surface area (Å²) in [6, 6.07) is 16.0. The molecule has 0 aliphatic heterocycles. The van der Waals surface area contributed by atoms with Crippen molar-refractivity contribution in [1.82, 2.24) is 14.5 Å². The zero-order valence-corrected chi connectivity index (χ0v) is 21.0. The molecule has 2 aromatic heterocycles. The number of benzene rings is 2. The minimum atomic E-state index is -0.920.